The number of thioether (sulfide) groups is 1. The minimum atomic E-state index is -0.387. The van der Waals surface area contributed by atoms with E-state index in [2.05, 4.69) is 62.3 Å². The van der Waals surface area contributed by atoms with Gasteiger partial charge in [0.05, 0.1) is 30.3 Å². The van der Waals surface area contributed by atoms with E-state index in [9.17, 15) is 9.59 Å². The van der Waals surface area contributed by atoms with E-state index in [-0.39, 0.29) is 24.3 Å². The Balaban J connectivity index is 1.98. The molecule has 0 fully saturated rings. The van der Waals surface area contributed by atoms with Gasteiger partial charge in [-0.15, -0.1) is 0 Å². The van der Waals surface area contributed by atoms with Crippen LogP contribution in [0.25, 0.3) is 0 Å². The summed E-state index contributed by atoms with van der Waals surface area (Å²) in [4.78, 5) is 32.3. The van der Waals surface area contributed by atoms with Gasteiger partial charge in [-0.05, 0) is 42.2 Å². The fourth-order valence-electron chi connectivity index (χ4n) is 3.76. The molecule has 0 radical (unpaired) electrons. The molecule has 0 saturated heterocycles. The first kappa shape index (κ1) is 24.1. The Morgan fingerprint density at radius 2 is 1.88 bits per heavy atom. The van der Waals surface area contributed by atoms with Gasteiger partial charge >= 0.3 is 5.97 Å². The number of nitrogens with zero attached hydrogens (tertiary/aromatic N) is 2. The van der Waals surface area contributed by atoms with Crippen LogP contribution in [0.3, 0.4) is 0 Å². The molecule has 0 saturated carbocycles. The quantitative estimate of drug-likeness (QED) is 0.552. The lowest BCUT2D eigenvalue weighted by molar-refractivity contribution is -0.139. The van der Waals surface area contributed by atoms with Crippen LogP contribution >= 0.6 is 11.8 Å². The van der Waals surface area contributed by atoms with E-state index >= 15 is 0 Å². The number of allylic oxidation sites excluding steroid dienone is 1. The molecule has 3 rings (SSSR count). The van der Waals surface area contributed by atoms with E-state index in [4.69, 9.17) is 4.74 Å². The second-order valence-corrected chi connectivity index (χ2v) is 9.65. The molecular weight excluding hydrogens is 422 g/mol. The van der Waals surface area contributed by atoms with Crippen LogP contribution in [0.1, 0.15) is 71.0 Å². The molecule has 1 aromatic carbocycles. The van der Waals surface area contributed by atoms with Gasteiger partial charge in [0.1, 0.15) is 0 Å². The zero-order valence-electron chi connectivity index (χ0n) is 19.8. The van der Waals surface area contributed by atoms with Crippen molar-refractivity contribution in [2.45, 2.75) is 59.9 Å². The van der Waals surface area contributed by atoms with E-state index in [0.717, 1.165) is 16.4 Å². The molecule has 1 atom stereocenters. The fraction of sp³-hybridized carbons (Fsp3) is 0.480. The molecule has 0 spiro atoms. The minimum absolute atomic E-state index is 0.0373. The zero-order chi connectivity index (χ0) is 23.4. The molecule has 1 N–H and O–H groups in total. The third-order valence-corrected chi connectivity index (χ3v) is 6.35. The summed E-state index contributed by atoms with van der Waals surface area (Å²) in [6.45, 7) is 13.0. The van der Waals surface area contributed by atoms with Crippen molar-refractivity contribution in [3.63, 3.8) is 0 Å². The van der Waals surface area contributed by atoms with Crippen molar-refractivity contribution >= 4 is 28.8 Å². The lowest BCUT2D eigenvalue weighted by atomic mass is 9.92. The number of esters is 1. The number of amides is 1. The smallest absolute Gasteiger partial charge is 0.338 e. The Morgan fingerprint density at radius 1 is 1.19 bits per heavy atom. The molecule has 1 aromatic rings. The van der Waals surface area contributed by atoms with Crippen molar-refractivity contribution in [1.82, 2.24) is 10.2 Å². The number of aliphatic imine (C=N–C) groups is 1. The summed E-state index contributed by atoms with van der Waals surface area (Å²) in [7, 11) is 0. The second-order valence-electron chi connectivity index (χ2n) is 8.81. The predicted molar refractivity (Wildman–Crippen MR) is 130 cm³/mol. The summed E-state index contributed by atoms with van der Waals surface area (Å²) in [5.74, 6) is 0.388. The van der Waals surface area contributed by atoms with Gasteiger partial charge in [0, 0.05) is 12.2 Å². The average Bonchev–Trinajstić information content (AvgIpc) is 3.13. The highest BCUT2D eigenvalue weighted by Crippen LogP contribution is 2.45. The van der Waals surface area contributed by atoms with Crippen LogP contribution in [0.15, 0.2) is 51.6 Å². The Kier molecular flexibility index (Phi) is 7.82. The van der Waals surface area contributed by atoms with Crippen molar-refractivity contribution in [3.8, 4) is 0 Å². The molecule has 0 bridgehead atoms. The number of amidine groups is 1. The first-order chi connectivity index (χ1) is 15.2. The highest BCUT2D eigenvalue weighted by Gasteiger charge is 2.41. The summed E-state index contributed by atoms with van der Waals surface area (Å²) >= 11 is 1.49. The molecule has 0 unspecified atom stereocenters. The van der Waals surface area contributed by atoms with Gasteiger partial charge in [-0.3, -0.25) is 4.79 Å². The summed E-state index contributed by atoms with van der Waals surface area (Å²) in [6, 6.07) is 7.95. The molecule has 2 heterocycles. The topological polar surface area (TPSA) is 71.0 Å². The van der Waals surface area contributed by atoms with Gasteiger partial charge in [0.2, 0.25) is 5.91 Å². The Hall–Kier alpha value is -2.54. The molecule has 0 aliphatic carbocycles. The van der Waals surface area contributed by atoms with Crippen LogP contribution in [0.4, 0.5) is 0 Å². The summed E-state index contributed by atoms with van der Waals surface area (Å²) in [6.07, 6.45) is 0.231. The number of carbonyl (C=O) groups excluding carboxylic acids is 2. The summed E-state index contributed by atoms with van der Waals surface area (Å²) < 4.78 is 5.40. The molecule has 2 aliphatic heterocycles. The summed E-state index contributed by atoms with van der Waals surface area (Å²) in [5.41, 5.74) is 4.21. The Bertz CT molecular complexity index is 961. The maximum absolute atomic E-state index is 13.0. The maximum Gasteiger partial charge on any atom is 0.338 e. The van der Waals surface area contributed by atoms with Crippen LogP contribution in [0.5, 0.6) is 0 Å². The monoisotopic (exact) mass is 455 g/mol. The Labute approximate surface area is 195 Å². The highest BCUT2D eigenvalue weighted by molar-refractivity contribution is 8.16. The van der Waals surface area contributed by atoms with E-state index in [1.165, 1.54) is 17.3 Å². The molecule has 7 heteroatoms. The largest absolute Gasteiger partial charge is 0.463 e. The lowest BCUT2D eigenvalue weighted by Gasteiger charge is -2.36. The van der Waals surface area contributed by atoms with Crippen molar-refractivity contribution in [2.24, 2.45) is 10.9 Å². The molecule has 0 aromatic heterocycles. The van der Waals surface area contributed by atoms with E-state index in [1.807, 2.05) is 17.2 Å². The number of benzene rings is 1. The first-order valence-corrected chi connectivity index (χ1v) is 12.1. The third kappa shape index (κ3) is 5.26. The lowest BCUT2D eigenvalue weighted by Crippen LogP contribution is -2.38. The number of hydrogen-bond acceptors (Lipinski definition) is 6. The number of nitrogens with one attached hydrogen (secondary N) is 1. The van der Waals surface area contributed by atoms with Crippen molar-refractivity contribution in [2.75, 3.05) is 13.2 Å². The second kappa shape index (κ2) is 10.4. The van der Waals surface area contributed by atoms with Gasteiger partial charge < -0.3 is 15.0 Å². The van der Waals surface area contributed by atoms with Gasteiger partial charge in [-0.1, -0.05) is 63.7 Å². The first-order valence-electron chi connectivity index (χ1n) is 11.2. The van der Waals surface area contributed by atoms with Gasteiger partial charge in [-0.25, -0.2) is 9.79 Å². The molecule has 2 aliphatic rings. The van der Waals surface area contributed by atoms with Crippen LogP contribution in [0, 0.1) is 5.92 Å². The van der Waals surface area contributed by atoms with Crippen LogP contribution in [-0.2, 0) is 14.3 Å². The van der Waals surface area contributed by atoms with Crippen molar-refractivity contribution in [3.05, 3.63) is 57.8 Å². The zero-order valence-corrected chi connectivity index (χ0v) is 20.6. The minimum Gasteiger partial charge on any atom is -0.463 e. The number of hydrogen-bond donors (Lipinski definition) is 1. The van der Waals surface area contributed by atoms with E-state index in [1.54, 1.807) is 6.92 Å². The normalized spacial score (nSPS) is 18.0. The van der Waals surface area contributed by atoms with Crippen LogP contribution in [0.2, 0.25) is 0 Å². The standard InChI is InChI=1S/C25H33N3O3S/c1-7-31-24(30)22-17(6)27-25-28(20(14-32-25)12-21(29)26-13-15(2)3)23(22)19-10-8-18(9-11-19)16(4)5/h8-11,14-16,23H,7,12-13H2,1-6H3,(H,26,29)/t23-/m0/s1. The van der Waals surface area contributed by atoms with Crippen molar-refractivity contribution in [1.29, 1.82) is 0 Å². The fourth-order valence-corrected chi connectivity index (χ4v) is 4.73. The Morgan fingerprint density at radius 3 is 2.47 bits per heavy atom. The van der Waals surface area contributed by atoms with Crippen molar-refractivity contribution < 1.29 is 14.3 Å². The average molecular weight is 456 g/mol. The SMILES string of the molecule is CCOC(=O)C1=C(C)N=C2SC=C(CC(=O)NCC(C)C)N2[C@H]1c1ccc(C(C)C)cc1. The van der Waals surface area contributed by atoms with Gasteiger partial charge in [0.25, 0.3) is 0 Å². The molecule has 1 amide bonds. The van der Waals surface area contributed by atoms with Gasteiger partial charge in [-0.2, -0.15) is 0 Å². The van der Waals surface area contributed by atoms with Crippen LogP contribution < -0.4 is 5.32 Å². The van der Waals surface area contributed by atoms with E-state index < -0.39 is 0 Å². The highest BCUT2D eigenvalue weighted by atomic mass is 32.2. The molecule has 6 nitrogen and oxygen atoms in total. The third-order valence-electron chi connectivity index (χ3n) is 5.46. The summed E-state index contributed by atoms with van der Waals surface area (Å²) in [5, 5.41) is 5.72. The molecule has 172 valence electrons. The molecular formula is C25H33N3O3S. The number of ether oxygens (including phenoxy) is 1. The number of rotatable bonds is 8. The maximum atomic E-state index is 13.0. The van der Waals surface area contributed by atoms with Gasteiger partial charge in [0.15, 0.2) is 5.17 Å². The number of fused-ring (bicyclic) bond motifs is 1. The predicted octanol–water partition coefficient (Wildman–Crippen LogP) is 5.11. The van der Waals surface area contributed by atoms with Crippen LogP contribution in [-0.4, -0.2) is 35.1 Å². The number of carbonyl (C=O) groups is 2. The van der Waals surface area contributed by atoms with E-state index in [0.29, 0.717) is 36.3 Å². The molecule has 32 heavy (non-hydrogen) atoms.